The van der Waals surface area contributed by atoms with Crippen molar-refractivity contribution in [3.8, 4) is 11.5 Å². The van der Waals surface area contributed by atoms with Gasteiger partial charge in [0.25, 0.3) is 5.22 Å². The van der Waals surface area contributed by atoms with E-state index in [-0.39, 0.29) is 11.2 Å². The van der Waals surface area contributed by atoms with Crippen molar-refractivity contribution in [3.63, 3.8) is 0 Å². The molecule has 26 heavy (non-hydrogen) atoms. The third-order valence-electron chi connectivity index (χ3n) is 3.95. The van der Waals surface area contributed by atoms with Gasteiger partial charge in [-0.25, -0.2) is 0 Å². The van der Waals surface area contributed by atoms with E-state index >= 15 is 0 Å². The number of carbonyl (C=O) groups excluding carboxylic acids is 1. The van der Waals surface area contributed by atoms with Gasteiger partial charge in [0.1, 0.15) is 0 Å². The average Bonchev–Trinajstić information content (AvgIpc) is 3.11. The van der Waals surface area contributed by atoms with Crippen LogP contribution in [0, 0.1) is 6.92 Å². The standard InChI is InChI=1S/C20H21N3O2S/c1-4-15-8-10-17(11-9-15)21-18(24)14(3)26-20-23-22-19(25-20)16-7-5-6-13(2)12-16/h5-12,14H,4H2,1-3H3,(H,21,24)/t14-/m1/s1. The molecule has 0 radical (unpaired) electrons. The number of hydrogen-bond donors (Lipinski definition) is 1. The Bertz CT molecular complexity index is 890. The Morgan fingerprint density at radius 2 is 1.96 bits per heavy atom. The van der Waals surface area contributed by atoms with Crippen LogP contribution in [0.3, 0.4) is 0 Å². The van der Waals surface area contributed by atoms with E-state index in [1.165, 1.54) is 17.3 Å². The fourth-order valence-corrected chi connectivity index (χ4v) is 3.11. The predicted molar refractivity (Wildman–Crippen MR) is 104 cm³/mol. The lowest BCUT2D eigenvalue weighted by atomic mass is 10.1. The predicted octanol–water partition coefficient (Wildman–Crippen LogP) is 4.73. The van der Waals surface area contributed by atoms with E-state index in [4.69, 9.17) is 4.42 Å². The Morgan fingerprint density at radius 1 is 1.19 bits per heavy atom. The first-order valence-electron chi connectivity index (χ1n) is 8.52. The minimum Gasteiger partial charge on any atom is -0.411 e. The van der Waals surface area contributed by atoms with Gasteiger partial charge in [0, 0.05) is 11.3 Å². The second-order valence-electron chi connectivity index (χ2n) is 6.04. The van der Waals surface area contributed by atoms with Gasteiger partial charge >= 0.3 is 0 Å². The zero-order valence-corrected chi connectivity index (χ0v) is 15.8. The van der Waals surface area contributed by atoms with E-state index in [0.29, 0.717) is 11.1 Å². The van der Waals surface area contributed by atoms with Crippen LogP contribution in [0.15, 0.2) is 58.2 Å². The summed E-state index contributed by atoms with van der Waals surface area (Å²) in [7, 11) is 0. The number of amides is 1. The number of thioether (sulfide) groups is 1. The molecule has 0 aliphatic heterocycles. The van der Waals surface area contributed by atoms with Gasteiger partial charge in [0.2, 0.25) is 11.8 Å². The highest BCUT2D eigenvalue weighted by molar-refractivity contribution is 8.00. The number of nitrogens with one attached hydrogen (secondary N) is 1. The Labute approximate surface area is 157 Å². The molecule has 1 amide bonds. The molecule has 0 saturated carbocycles. The van der Waals surface area contributed by atoms with Gasteiger partial charge in [-0.1, -0.05) is 48.5 Å². The Morgan fingerprint density at radius 3 is 2.65 bits per heavy atom. The SMILES string of the molecule is CCc1ccc(NC(=O)[C@@H](C)Sc2nnc(-c3cccc(C)c3)o2)cc1. The smallest absolute Gasteiger partial charge is 0.277 e. The van der Waals surface area contributed by atoms with Crippen molar-refractivity contribution >= 4 is 23.4 Å². The van der Waals surface area contributed by atoms with Gasteiger partial charge in [-0.3, -0.25) is 4.79 Å². The summed E-state index contributed by atoms with van der Waals surface area (Å²) < 4.78 is 5.69. The van der Waals surface area contributed by atoms with Crippen LogP contribution in [-0.4, -0.2) is 21.4 Å². The fraction of sp³-hybridized carbons (Fsp3) is 0.250. The summed E-state index contributed by atoms with van der Waals surface area (Å²) in [6, 6.07) is 15.7. The zero-order chi connectivity index (χ0) is 18.5. The van der Waals surface area contributed by atoms with Crippen molar-refractivity contribution in [1.29, 1.82) is 0 Å². The summed E-state index contributed by atoms with van der Waals surface area (Å²) in [5.41, 5.74) is 4.01. The van der Waals surface area contributed by atoms with Crippen LogP contribution in [-0.2, 0) is 11.2 Å². The topological polar surface area (TPSA) is 68.0 Å². The summed E-state index contributed by atoms with van der Waals surface area (Å²) in [4.78, 5) is 12.4. The number of aromatic nitrogens is 2. The normalized spacial score (nSPS) is 12.0. The number of anilines is 1. The Balaban J connectivity index is 1.62. The largest absolute Gasteiger partial charge is 0.411 e. The van der Waals surface area contributed by atoms with Gasteiger partial charge in [-0.05, 0) is 50.1 Å². The third kappa shape index (κ3) is 4.52. The van der Waals surface area contributed by atoms with Crippen molar-refractivity contribution in [2.45, 2.75) is 37.7 Å². The maximum Gasteiger partial charge on any atom is 0.277 e. The first-order valence-corrected chi connectivity index (χ1v) is 9.40. The molecular formula is C20H21N3O2S. The van der Waals surface area contributed by atoms with E-state index in [1.807, 2.05) is 62.4 Å². The molecule has 1 atom stereocenters. The average molecular weight is 367 g/mol. The minimum atomic E-state index is -0.355. The molecule has 0 aliphatic rings. The highest BCUT2D eigenvalue weighted by atomic mass is 32.2. The summed E-state index contributed by atoms with van der Waals surface area (Å²) in [6.45, 7) is 5.92. The highest BCUT2D eigenvalue weighted by Crippen LogP contribution is 2.27. The van der Waals surface area contributed by atoms with Crippen molar-refractivity contribution < 1.29 is 9.21 Å². The van der Waals surface area contributed by atoms with Gasteiger partial charge in [0.05, 0.1) is 5.25 Å². The van der Waals surface area contributed by atoms with Crippen LogP contribution >= 0.6 is 11.8 Å². The van der Waals surface area contributed by atoms with Crippen molar-refractivity contribution in [1.82, 2.24) is 10.2 Å². The molecule has 3 aromatic rings. The molecule has 0 spiro atoms. The van der Waals surface area contributed by atoms with Gasteiger partial charge in [-0.2, -0.15) is 0 Å². The number of nitrogens with zero attached hydrogens (tertiary/aromatic N) is 2. The molecule has 0 unspecified atom stereocenters. The first kappa shape index (κ1) is 18.2. The molecule has 5 nitrogen and oxygen atoms in total. The van der Waals surface area contributed by atoms with Gasteiger partial charge < -0.3 is 9.73 Å². The minimum absolute atomic E-state index is 0.102. The number of aryl methyl sites for hydroxylation is 2. The van der Waals surface area contributed by atoms with Crippen LogP contribution in [0.25, 0.3) is 11.5 Å². The maximum atomic E-state index is 12.4. The quantitative estimate of drug-likeness (QED) is 0.638. The molecular weight excluding hydrogens is 346 g/mol. The number of hydrogen-bond acceptors (Lipinski definition) is 5. The zero-order valence-electron chi connectivity index (χ0n) is 15.0. The van der Waals surface area contributed by atoms with E-state index in [2.05, 4.69) is 22.4 Å². The number of benzene rings is 2. The molecule has 6 heteroatoms. The molecule has 0 bridgehead atoms. The van der Waals surface area contributed by atoms with E-state index in [1.54, 1.807) is 0 Å². The van der Waals surface area contributed by atoms with Gasteiger partial charge in [-0.15, -0.1) is 10.2 Å². The van der Waals surface area contributed by atoms with Crippen molar-refractivity contribution in [2.24, 2.45) is 0 Å². The molecule has 0 fully saturated rings. The van der Waals surface area contributed by atoms with E-state index in [9.17, 15) is 4.79 Å². The fourth-order valence-electron chi connectivity index (χ4n) is 2.42. The third-order valence-corrected chi connectivity index (χ3v) is 4.88. The lowest BCUT2D eigenvalue weighted by Crippen LogP contribution is -2.22. The molecule has 3 rings (SSSR count). The summed E-state index contributed by atoms with van der Waals surface area (Å²) in [6.07, 6.45) is 0.973. The van der Waals surface area contributed by atoms with Crippen LogP contribution < -0.4 is 5.32 Å². The Hall–Kier alpha value is -2.60. The molecule has 134 valence electrons. The Kier molecular flexibility index (Phi) is 5.73. The lowest BCUT2D eigenvalue weighted by Gasteiger charge is -2.10. The summed E-state index contributed by atoms with van der Waals surface area (Å²) >= 11 is 1.25. The van der Waals surface area contributed by atoms with E-state index < -0.39 is 0 Å². The maximum absolute atomic E-state index is 12.4. The van der Waals surface area contributed by atoms with Crippen LogP contribution in [0.1, 0.15) is 25.0 Å². The van der Waals surface area contributed by atoms with Crippen molar-refractivity contribution in [2.75, 3.05) is 5.32 Å². The second-order valence-corrected chi connectivity index (χ2v) is 7.33. The van der Waals surface area contributed by atoms with Crippen molar-refractivity contribution in [3.05, 3.63) is 59.7 Å². The highest BCUT2D eigenvalue weighted by Gasteiger charge is 2.19. The summed E-state index contributed by atoms with van der Waals surface area (Å²) in [5, 5.41) is 11.0. The molecule has 1 aromatic heterocycles. The first-order chi connectivity index (χ1) is 12.5. The molecule has 0 saturated heterocycles. The summed E-state index contributed by atoms with van der Waals surface area (Å²) in [5.74, 6) is 0.355. The molecule has 2 aromatic carbocycles. The van der Waals surface area contributed by atoms with E-state index in [0.717, 1.165) is 23.2 Å². The number of rotatable bonds is 6. The van der Waals surface area contributed by atoms with Crippen LogP contribution in [0.2, 0.25) is 0 Å². The molecule has 1 heterocycles. The lowest BCUT2D eigenvalue weighted by molar-refractivity contribution is -0.115. The van der Waals surface area contributed by atoms with Crippen LogP contribution in [0.5, 0.6) is 0 Å². The van der Waals surface area contributed by atoms with Crippen LogP contribution in [0.4, 0.5) is 5.69 Å². The monoisotopic (exact) mass is 367 g/mol. The number of carbonyl (C=O) groups is 1. The second kappa shape index (κ2) is 8.19. The van der Waals surface area contributed by atoms with Gasteiger partial charge in [0.15, 0.2) is 0 Å². The molecule has 0 aliphatic carbocycles. The molecule has 1 N–H and O–H groups in total.